The second-order valence-electron chi connectivity index (χ2n) is 6.05. The van der Waals surface area contributed by atoms with Crippen LogP contribution in [0.1, 0.15) is 43.5 Å². The van der Waals surface area contributed by atoms with Gasteiger partial charge < -0.3 is 5.11 Å². The predicted molar refractivity (Wildman–Crippen MR) is 89.3 cm³/mol. The molecule has 0 aromatic heterocycles. The molecule has 7 heteroatoms. The van der Waals surface area contributed by atoms with Crippen LogP contribution < -0.4 is 0 Å². The van der Waals surface area contributed by atoms with Crippen molar-refractivity contribution in [2.45, 2.75) is 38.0 Å². The summed E-state index contributed by atoms with van der Waals surface area (Å²) < 4.78 is 27.3. The molecular formula is C16H22ClNO4S. The van der Waals surface area contributed by atoms with Gasteiger partial charge in [0.25, 0.3) is 0 Å². The van der Waals surface area contributed by atoms with Crippen molar-refractivity contribution >= 4 is 27.6 Å². The summed E-state index contributed by atoms with van der Waals surface area (Å²) in [5.74, 6) is -0.548. The molecule has 2 unspecified atom stereocenters. The Hall–Kier alpha value is -1.11. The van der Waals surface area contributed by atoms with Crippen molar-refractivity contribution < 1.29 is 18.3 Å². The Morgan fingerprint density at radius 1 is 1.26 bits per heavy atom. The lowest BCUT2D eigenvalue weighted by Crippen LogP contribution is -2.43. The first kappa shape index (κ1) is 18.2. The van der Waals surface area contributed by atoms with E-state index >= 15 is 0 Å². The highest BCUT2D eigenvalue weighted by Gasteiger charge is 2.34. The first-order valence-electron chi connectivity index (χ1n) is 7.82. The number of carboxylic acid groups (broad SMARTS) is 1. The Kier molecular flexibility index (Phi) is 5.70. The van der Waals surface area contributed by atoms with Gasteiger partial charge in [0.05, 0.1) is 15.5 Å². The zero-order valence-electron chi connectivity index (χ0n) is 13.3. The van der Waals surface area contributed by atoms with Gasteiger partial charge in [-0.05, 0) is 36.5 Å². The number of piperidine rings is 1. The smallest absolute Gasteiger partial charge is 0.337 e. The first-order valence-corrected chi connectivity index (χ1v) is 9.64. The molecule has 0 radical (unpaired) electrons. The van der Waals surface area contributed by atoms with Crippen LogP contribution in [0.5, 0.6) is 0 Å². The van der Waals surface area contributed by atoms with Crippen LogP contribution in [0.4, 0.5) is 0 Å². The fourth-order valence-corrected chi connectivity index (χ4v) is 4.85. The molecular weight excluding hydrogens is 338 g/mol. The maximum atomic E-state index is 12.9. The molecule has 1 fully saturated rings. The number of carboxylic acids is 1. The Bertz CT molecular complexity index is 677. The molecule has 0 bridgehead atoms. The number of carbonyl (C=O) groups is 1. The van der Waals surface area contributed by atoms with Gasteiger partial charge in [0, 0.05) is 13.1 Å². The molecule has 0 aliphatic carbocycles. The lowest BCUT2D eigenvalue weighted by atomic mass is 9.87. The molecule has 1 saturated heterocycles. The Morgan fingerprint density at radius 3 is 2.30 bits per heavy atom. The van der Waals surface area contributed by atoms with Crippen molar-refractivity contribution in [2.24, 2.45) is 11.8 Å². The second-order valence-corrected chi connectivity index (χ2v) is 8.40. The second kappa shape index (κ2) is 7.20. The Morgan fingerprint density at radius 2 is 1.83 bits per heavy atom. The Balaban J connectivity index is 2.37. The molecule has 1 N–H and O–H groups in total. The van der Waals surface area contributed by atoms with Crippen molar-refractivity contribution in [1.29, 1.82) is 0 Å². The molecule has 0 saturated carbocycles. The van der Waals surface area contributed by atoms with Crippen LogP contribution in [0.2, 0.25) is 5.02 Å². The molecule has 1 aliphatic heterocycles. The van der Waals surface area contributed by atoms with E-state index in [2.05, 4.69) is 13.8 Å². The standard InChI is InChI=1S/C16H22ClNO4S/c1-3-11-7-12(4-2)10-18(9-11)23(21,22)13-5-6-15(17)14(8-13)16(19)20/h5-6,8,11-12H,3-4,7,9-10H2,1-2H3,(H,19,20). The van der Waals surface area contributed by atoms with Crippen LogP contribution in [0.25, 0.3) is 0 Å². The van der Waals surface area contributed by atoms with Gasteiger partial charge >= 0.3 is 5.97 Å². The van der Waals surface area contributed by atoms with E-state index in [0.29, 0.717) is 24.9 Å². The van der Waals surface area contributed by atoms with Gasteiger partial charge in [-0.15, -0.1) is 0 Å². The lowest BCUT2D eigenvalue weighted by Gasteiger charge is -2.36. The van der Waals surface area contributed by atoms with E-state index in [1.807, 2.05) is 0 Å². The van der Waals surface area contributed by atoms with E-state index in [1.165, 1.54) is 16.4 Å². The number of benzene rings is 1. The minimum absolute atomic E-state index is 0.00842. The third kappa shape index (κ3) is 3.87. The largest absolute Gasteiger partial charge is 0.478 e. The zero-order chi connectivity index (χ0) is 17.2. The van der Waals surface area contributed by atoms with Crippen molar-refractivity contribution in [3.05, 3.63) is 28.8 Å². The van der Waals surface area contributed by atoms with Crippen molar-refractivity contribution in [3.63, 3.8) is 0 Å². The fourth-order valence-electron chi connectivity index (χ4n) is 3.04. The third-order valence-electron chi connectivity index (χ3n) is 4.55. The normalized spacial score (nSPS) is 22.9. The van der Waals surface area contributed by atoms with Crippen LogP contribution in [0.15, 0.2) is 23.1 Å². The van der Waals surface area contributed by atoms with Crippen molar-refractivity contribution in [2.75, 3.05) is 13.1 Å². The van der Waals surface area contributed by atoms with Crippen molar-refractivity contribution in [1.82, 2.24) is 4.31 Å². The minimum Gasteiger partial charge on any atom is -0.478 e. The maximum Gasteiger partial charge on any atom is 0.337 e. The molecule has 0 amide bonds. The van der Waals surface area contributed by atoms with Crippen molar-refractivity contribution in [3.8, 4) is 0 Å². The summed E-state index contributed by atoms with van der Waals surface area (Å²) in [5.41, 5.74) is -0.191. The highest BCUT2D eigenvalue weighted by Crippen LogP contribution is 2.31. The number of halogens is 1. The minimum atomic E-state index is -3.71. The number of rotatable bonds is 5. The monoisotopic (exact) mass is 359 g/mol. The number of sulfonamides is 1. The van der Waals surface area contributed by atoms with Crippen LogP contribution in [-0.2, 0) is 10.0 Å². The third-order valence-corrected chi connectivity index (χ3v) is 6.71. The molecule has 1 aromatic carbocycles. The summed E-state index contributed by atoms with van der Waals surface area (Å²) in [5, 5.41) is 9.17. The van der Waals surface area contributed by atoms with Gasteiger partial charge in [-0.1, -0.05) is 38.3 Å². The van der Waals surface area contributed by atoms with Crippen LogP contribution in [0.3, 0.4) is 0 Å². The summed E-state index contributed by atoms with van der Waals surface area (Å²) in [6.07, 6.45) is 2.91. The highest BCUT2D eigenvalue weighted by molar-refractivity contribution is 7.89. The average molecular weight is 360 g/mol. The van der Waals surface area contributed by atoms with E-state index in [9.17, 15) is 13.2 Å². The van der Waals surface area contributed by atoms with E-state index in [0.717, 1.165) is 25.3 Å². The molecule has 1 heterocycles. The van der Waals surface area contributed by atoms with Gasteiger partial charge in [0.2, 0.25) is 10.0 Å². The molecule has 2 atom stereocenters. The molecule has 128 valence electrons. The summed E-state index contributed by atoms with van der Waals surface area (Å²) >= 11 is 5.83. The zero-order valence-corrected chi connectivity index (χ0v) is 14.9. The van der Waals surface area contributed by atoms with E-state index in [1.54, 1.807) is 0 Å². The highest BCUT2D eigenvalue weighted by atomic mass is 35.5. The quantitative estimate of drug-likeness (QED) is 0.873. The summed E-state index contributed by atoms with van der Waals surface area (Å²) in [6.45, 7) is 5.11. The average Bonchev–Trinajstić information content (AvgIpc) is 2.54. The van der Waals surface area contributed by atoms with E-state index in [-0.39, 0.29) is 15.5 Å². The molecule has 2 rings (SSSR count). The molecule has 23 heavy (non-hydrogen) atoms. The lowest BCUT2D eigenvalue weighted by molar-refractivity contribution is 0.0697. The number of nitrogens with zero attached hydrogens (tertiary/aromatic N) is 1. The number of hydrogen-bond donors (Lipinski definition) is 1. The van der Waals surface area contributed by atoms with Crippen LogP contribution in [0, 0.1) is 11.8 Å². The van der Waals surface area contributed by atoms with Crippen LogP contribution in [-0.4, -0.2) is 36.9 Å². The molecule has 5 nitrogen and oxygen atoms in total. The summed E-state index contributed by atoms with van der Waals surface area (Å²) in [6, 6.07) is 3.85. The van der Waals surface area contributed by atoms with Gasteiger partial charge in [-0.2, -0.15) is 4.31 Å². The predicted octanol–water partition coefficient (Wildman–Crippen LogP) is 3.49. The molecule has 1 aliphatic rings. The van der Waals surface area contributed by atoms with Gasteiger partial charge in [0.15, 0.2) is 0 Å². The van der Waals surface area contributed by atoms with Crippen LogP contribution >= 0.6 is 11.6 Å². The van der Waals surface area contributed by atoms with E-state index < -0.39 is 16.0 Å². The Labute approximate surface area is 142 Å². The first-order chi connectivity index (χ1) is 10.8. The topological polar surface area (TPSA) is 74.7 Å². The molecule has 0 spiro atoms. The van der Waals surface area contributed by atoms with E-state index in [4.69, 9.17) is 16.7 Å². The number of hydrogen-bond acceptors (Lipinski definition) is 3. The van der Waals surface area contributed by atoms with Gasteiger partial charge in [0.1, 0.15) is 0 Å². The summed E-state index contributed by atoms with van der Waals surface area (Å²) in [4.78, 5) is 11.2. The number of aromatic carboxylic acids is 1. The van der Waals surface area contributed by atoms with Gasteiger partial charge in [-0.25, -0.2) is 13.2 Å². The SMILES string of the molecule is CCC1CC(CC)CN(S(=O)(=O)c2ccc(Cl)c(C(=O)O)c2)C1. The fraction of sp³-hybridized carbons (Fsp3) is 0.562. The molecule has 1 aromatic rings. The van der Waals surface area contributed by atoms with Gasteiger partial charge in [-0.3, -0.25) is 0 Å². The maximum absolute atomic E-state index is 12.9. The summed E-state index contributed by atoms with van der Waals surface area (Å²) in [7, 11) is -3.71.